The maximum atomic E-state index is 12.4. The Kier molecular flexibility index (Phi) is 6.13. The van der Waals surface area contributed by atoms with E-state index < -0.39 is 8.32 Å². The number of amides is 1. The van der Waals surface area contributed by atoms with Crippen molar-refractivity contribution in [2.45, 2.75) is 76.9 Å². The molecule has 2 aliphatic heterocycles. The van der Waals surface area contributed by atoms with Gasteiger partial charge in [-0.25, -0.2) is 0 Å². The van der Waals surface area contributed by atoms with Crippen molar-refractivity contribution in [3.8, 4) is 0 Å². The number of hydrogen-bond acceptors (Lipinski definition) is 3. The Morgan fingerprint density at radius 1 is 1.15 bits per heavy atom. The van der Waals surface area contributed by atoms with Crippen LogP contribution >= 0.6 is 0 Å². The van der Waals surface area contributed by atoms with E-state index in [2.05, 4.69) is 74.0 Å². The van der Waals surface area contributed by atoms with Gasteiger partial charge in [-0.3, -0.25) is 9.69 Å². The number of carbonyl (C=O) groups excluding carboxylic acids is 1. The molecule has 0 N–H and O–H groups in total. The van der Waals surface area contributed by atoms with Crippen LogP contribution in [0.1, 0.15) is 45.6 Å². The van der Waals surface area contributed by atoms with Crippen molar-refractivity contribution in [3.05, 3.63) is 35.9 Å². The molecule has 0 radical (unpaired) electrons. The Hall–Kier alpha value is -1.17. The van der Waals surface area contributed by atoms with Crippen molar-refractivity contribution in [2.75, 3.05) is 19.6 Å². The quantitative estimate of drug-likeness (QED) is 0.706. The summed E-state index contributed by atoms with van der Waals surface area (Å²) in [6.07, 6.45) is 2.83. The first-order valence-corrected chi connectivity index (χ1v) is 13.3. The Labute approximate surface area is 166 Å². The molecule has 3 rings (SSSR count). The zero-order chi connectivity index (χ0) is 19.7. The average molecular weight is 389 g/mol. The summed E-state index contributed by atoms with van der Waals surface area (Å²) in [5, 5.41) is 0.175. The van der Waals surface area contributed by atoms with Crippen molar-refractivity contribution < 1.29 is 9.22 Å². The number of hydrogen-bond donors (Lipinski definition) is 0. The maximum absolute atomic E-state index is 12.4. The average Bonchev–Trinajstić information content (AvgIpc) is 3.00. The van der Waals surface area contributed by atoms with Gasteiger partial charge in [-0.2, -0.15) is 0 Å². The summed E-state index contributed by atoms with van der Waals surface area (Å²) in [5.41, 5.74) is 1.35. The lowest BCUT2D eigenvalue weighted by Crippen LogP contribution is -2.59. The lowest BCUT2D eigenvalue weighted by molar-refractivity contribution is -0.133. The molecular formula is C22H36N2O2Si. The van der Waals surface area contributed by atoms with Crippen molar-refractivity contribution in [3.63, 3.8) is 0 Å². The van der Waals surface area contributed by atoms with E-state index in [4.69, 9.17) is 4.43 Å². The molecule has 4 nitrogen and oxygen atoms in total. The molecule has 0 saturated carbocycles. The second-order valence-corrected chi connectivity index (χ2v) is 14.4. The van der Waals surface area contributed by atoms with Crippen LogP contribution < -0.4 is 0 Å². The highest BCUT2D eigenvalue weighted by molar-refractivity contribution is 6.74. The molecule has 0 unspecified atom stereocenters. The molecule has 1 aromatic carbocycles. The molecule has 150 valence electrons. The minimum Gasteiger partial charge on any atom is -0.411 e. The number of benzene rings is 1. The van der Waals surface area contributed by atoms with Gasteiger partial charge in [0.25, 0.3) is 0 Å². The van der Waals surface area contributed by atoms with Gasteiger partial charge in [-0.15, -0.1) is 0 Å². The van der Waals surface area contributed by atoms with Crippen molar-refractivity contribution in [2.24, 2.45) is 0 Å². The van der Waals surface area contributed by atoms with Crippen LogP contribution in [0, 0.1) is 0 Å². The van der Waals surface area contributed by atoms with Gasteiger partial charge in [0.05, 0.1) is 12.1 Å². The highest BCUT2D eigenvalue weighted by Crippen LogP contribution is 2.39. The highest BCUT2D eigenvalue weighted by Gasteiger charge is 2.44. The van der Waals surface area contributed by atoms with E-state index >= 15 is 0 Å². The van der Waals surface area contributed by atoms with Gasteiger partial charge in [-0.1, -0.05) is 51.1 Å². The number of nitrogens with zero attached hydrogens (tertiary/aromatic N) is 2. The molecule has 0 aliphatic carbocycles. The number of carbonyl (C=O) groups is 1. The molecule has 0 aromatic heterocycles. The van der Waals surface area contributed by atoms with Gasteiger partial charge in [0.2, 0.25) is 5.91 Å². The molecular weight excluding hydrogens is 352 g/mol. The van der Waals surface area contributed by atoms with E-state index in [9.17, 15) is 4.79 Å². The molecule has 5 heteroatoms. The van der Waals surface area contributed by atoms with E-state index in [1.807, 2.05) is 0 Å². The highest BCUT2D eigenvalue weighted by atomic mass is 28.4. The van der Waals surface area contributed by atoms with Crippen LogP contribution in [0.3, 0.4) is 0 Å². The fourth-order valence-corrected chi connectivity index (χ4v) is 5.34. The molecule has 27 heavy (non-hydrogen) atoms. The Morgan fingerprint density at radius 3 is 2.44 bits per heavy atom. The smallest absolute Gasteiger partial charge is 0.222 e. The van der Waals surface area contributed by atoms with Gasteiger partial charge in [0.1, 0.15) is 0 Å². The summed E-state index contributed by atoms with van der Waals surface area (Å²) < 4.78 is 6.89. The molecule has 2 saturated heterocycles. The standard InChI is InChI=1S/C22H36N2O2Si/c1-22(2,3)27(4,5)26-20-17-23(16-18-10-7-6-8-11-18)15-13-19(20)24-14-9-12-21(24)25/h6-8,10-11,19-20H,9,12-17H2,1-5H3/t19-,20+/m1/s1. The molecule has 1 amide bonds. The van der Waals surface area contributed by atoms with Gasteiger partial charge >= 0.3 is 0 Å². The fraction of sp³-hybridized carbons (Fsp3) is 0.682. The van der Waals surface area contributed by atoms with Crippen molar-refractivity contribution in [1.82, 2.24) is 9.80 Å². The molecule has 2 heterocycles. The number of piperidine rings is 1. The topological polar surface area (TPSA) is 32.8 Å². The molecule has 0 spiro atoms. The summed E-state index contributed by atoms with van der Waals surface area (Å²) in [5.74, 6) is 0.320. The lowest BCUT2D eigenvalue weighted by Gasteiger charge is -2.47. The Bertz CT molecular complexity index is 641. The van der Waals surface area contributed by atoms with E-state index in [0.717, 1.165) is 39.0 Å². The van der Waals surface area contributed by atoms with Crippen molar-refractivity contribution >= 4 is 14.2 Å². The SMILES string of the molecule is CC(C)(C)[Si](C)(C)O[C@H]1CN(Cc2ccccc2)CC[C@H]1N1CCCC1=O. The minimum absolute atomic E-state index is 0.116. The minimum atomic E-state index is -1.89. The van der Waals surface area contributed by atoms with E-state index in [-0.39, 0.29) is 17.2 Å². The van der Waals surface area contributed by atoms with Gasteiger partial charge in [-0.05, 0) is 36.5 Å². The van der Waals surface area contributed by atoms with Crippen LogP contribution in [0.2, 0.25) is 18.1 Å². The number of rotatable bonds is 5. The second-order valence-electron chi connectivity index (χ2n) is 9.68. The summed E-state index contributed by atoms with van der Waals surface area (Å²) >= 11 is 0. The van der Waals surface area contributed by atoms with E-state index in [0.29, 0.717) is 12.3 Å². The first kappa shape index (κ1) is 20.6. The van der Waals surface area contributed by atoms with Crippen LogP contribution in [0.15, 0.2) is 30.3 Å². The summed E-state index contributed by atoms with van der Waals surface area (Å²) in [6.45, 7) is 15.3. The third-order valence-electron chi connectivity index (χ3n) is 6.62. The number of likely N-dealkylation sites (tertiary alicyclic amines) is 2. The second kappa shape index (κ2) is 8.06. The van der Waals surface area contributed by atoms with E-state index in [1.54, 1.807) is 0 Å². The van der Waals surface area contributed by atoms with Crippen molar-refractivity contribution in [1.29, 1.82) is 0 Å². The largest absolute Gasteiger partial charge is 0.411 e. The fourth-order valence-electron chi connectivity index (χ4n) is 4.00. The van der Waals surface area contributed by atoms with Crippen LogP contribution in [0.4, 0.5) is 0 Å². The third-order valence-corrected chi connectivity index (χ3v) is 11.1. The van der Waals surface area contributed by atoms with Crippen LogP contribution in [0.25, 0.3) is 0 Å². The molecule has 2 fully saturated rings. The van der Waals surface area contributed by atoms with E-state index in [1.165, 1.54) is 5.56 Å². The summed E-state index contributed by atoms with van der Waals surface area (Å²) in [6, 6.07) is 10.9. The zero-order valence-electron chi connectivity index (χ0n) is 17.7. The monoisotopic (exact) mass is 388 g/mol. The predicted octanol–water partition coefficient (Wildman–Crippen LogP) is 4.27. The first-order chi connectivity index (χ1) is 12.7. The molecule has 2 aliphatic rings. The normalized spacial score (nSPS) is 25.2. The molecule has 1 aromatic rings. The summed E-state index contributed by atoms with van der Waals surface area (Å²) in [7, 11) is -1.89. The van der Waals surface area contributed by atoms with Crippen LogP contribution in [-0.4, -0.2) is 55.8 Å². The zero-order valence-corrected chi connectivity index (χ0v) is 18.7. The third kappa shape index (κ3) is 4.82. The predicted molar refractivity (Wildman–Crippen MR) is 113 cm³/mol. The first-order valence-electron chi connectivity index (χ1n) is 10.4. The Morgan fingerprint density at radius 2 is 1.85 bits per heavy atom. The van der Waals surface area contributed by atoms with Crippen LogP contribution in [0.5, 0.6) is 0 Å². The summed E-state index contributed by atoms with van der Waals surface area (Å²) in [4.78, 5) is 17.0. The van der Waals surface area contributed by atoms with Crippen LogP contribution in [-0.2, 0) is 15.8 Å². The Balaban J connectivity index is 1.76. The maximum Gasteiger partial charge on any atom is 0.222 e. The van der Waals surface area contributed by atoms with Gasteiger partial charge < -0.3 is 9.33 Å². The van der Waals surface area contributed by atoms with Gasteiger partial charge in [0, 0.05) is 32.6 Å². The van der Waals surface area contributed by atoms with Gasteiger partial charge in [0.15, 0.2) is 8.32 Å². The molecule has 0 bridgehead atoms. The molecule has 2 atom stereocenters. The lowest BCUT2D eigenvalue weighted by atomic mass is 9.99.